The van der Waals surface area contributed by atoms with E-state index in [2.05, 4.69) is 22.3 Å². The molecule has 0 aromatic heterocycles. The molecule has 2 aliphatic heterocycles. The molecule has 3 N–H and O–H groups in total. The van der Waals surface area contributed by atoms with Crippen molar-refractivity contribution in [2.45, 2.75) is 0 Å². The maximum absolute atomic E-state index is 5.87. The Morgan fingerprint density at radius 3 is 3.08 bits per heavy atom. The van der Waals surface area contributed by atoms with Crippen LogP contribution in [0.1, 0.15) is 0 Å². The van der Waals surface area contributed by atoms with Gasteiger partial charge in [-0.15, -0.1) is 0 Å². The summed E-state index contributed by atoms with van der Waals surface area (Å²) >= 11 is 0. The van der Waals surface area contributed by atoms with Gasteiger partial charge in [0.05, 0.1) is 24.3 Å². The van der Waals surface area contributed by atoms with E-state index in [1.807, 2.05) is 5.01 Å². The highest BCUT2D eigenvalue weighted by molar-refractivity contribution is 5.61. The van der Waals surface area contributed by atoms with Crippen LogP contribution in [0.15, 0.2) is 16.4 Å². The Morgan fingerprint density at radius 2 is 2.38 bits per heavy atom. The van der Waals surface area contributed by atoms with Crippen molar-refractivity contribution in [2.24, 2.45) is 10.8 Å². The Balaban J connectivity index is 2.15. The summed E-state index contributed by atoms with van der Waals surface area (Å²) < 4.78 is 0. The molecule has 2 heterocycles. The molecule has 2 rings (SSSR count). The zero-order valence-electron chi connectivity index (χ0n) is 7.82. The molecule has 5 nitrogen and oxygen atoms in total. The lowest BCUT2D eigenvalue weighted by atomic mass is 10.2. The van der Waals surface area contributed by atoms with Crippen LogP contribution in [0.4, 0.5) is 0 Å². The van der Waals surface area contributed by atoms with E-state index in [9.17, 15) is 0 Å². The van der Waals surface area contributed by atoms with Crippen LogP contribution in [-0.4, -0.2) is 49.5 Å². The number of nitrogens with two attached hydrogens (primary N) is 1. The first-order valence-corrected chi connectivity index (χ1v) is 4.45. The molecule has 13 heavy (non-hydrogen) atoms. The number of nitrogens with one attached hydrogen (secondary N) is 1. The first-order chi connectivity index (χ1) is 6.27. The highest BCUT2D eigenvalue weighted by Gasteiger charge is 2.20. The minimum absolute atomic E-state index is 0.733. The highest BCUT2D eigenvalue weighted by atomic mass is 15.4. The summed E-state index contributed by atoms with van der Waals surface area (Å²) in [5.74, 6) is 5.87. The van der Waals surface area contributed by atoms with Gasteiger partial charge in [0.25, 0.3) is 0 Å². The van der Waals surface area contributed by atoms with Crippen LogP contribution >= 0.6 is 0 Å². The molecule has 0 aliphatic carbocycles. The number of aliphatic imine (C=N–C) groups is 1. The molecule has 0 unspecified atom stereocenters. The Morgan fingerprint density at radius 1 is 1.54 bits per heavy atom. The lowest BCUT2D eigenvalue weighted by Crippen LogP contribution is -2.47. The van der Waals surface area contributed by atoms with E-state index in [1.54, 1.807) is 6.34 Å². The Kier molecular flexibility index (Phi) is 2.20. The molecule has 0 aromatic carbocycles. The predicted molar refractivity (Wildman–Crippen MR) is 51.9 cm³/mol. The third-order valence-corrected chi connectivity index (χ3v) is 2.42. The van der Waals surface area contributed by atoms with E-state index >= 15 is 0 Å². The van der Waals surface area contributed by atoms with Gasteiger partial charge in [-0.2, -0.15) is 0 Å². The highest BCUT2D eigenvalue weighted by Crippen LogP contribution is 2.12. The lowest BCUT2D eigenvalue weighted by molar-refractivity contribution is 0.202. The predicted octanol–water partition coefficient (Wildman–Crippen LogP) is -1.05. The fourth-order valence-corrected chi connectivity index (χ4v) is 1.59. The number of nitrogens with zero attached hydrogens (tertiary/aromatic N) is 3. The van der Waals surface area contributed by atoms with E-state index < -0.39 is 0 Å². The van der Waals surface area contributed by atoms with Crippen molar-refractivity contribution in [3.63, 3.8) is 0 Å². The SMILES string of the molecule is CN1CCN(N)/C(=C2/CN=CN2)C1. The molecule has 0 spiro atoms. The van der Waals surface area contributed by atoms with Gasteiger partial charge >= 0.3 is 0 Å². The topological polar surface area (TPSA) is 56.9 Å². The van der Waals surface area contributed by atoms with Crippen LogP contribution in [0.2, 0.25) is 0 Å². The van der Waals surface area contributed by atoms with Crippen molar-refractivity contribution in [3.05, 3.63) is 11.4 Å². The quantitative estimate of drug-likeness (QED) is 0.468. The van der Waals surface area contributed by atoms with E-state index in [0.717, 1.165) is 37.6 Å². The second-order valence-corrected chi connectivity index (χ2v) is 3.47. The fourth-order valence-electron chi connectivity index (χ4n) is 1.59. The van der Waals surface area contributed by atoms with Crippen molar-refractivity contribution in [1.29, 1.82) is 0 Å². The van der Waals surface area contributed by atoms with Crippen molar-refractivity contribution < 1.29 is 0 Å². The third-order valence-electron chi connectivity index (χ3n) is 2.42. The molecule has 0 bridgehead atoms. The smallest absolute Gasteiger partial charge is 0.0871 e. The Hall–Kier alpha value is -1.07. The van der Waals surface area contributed by atoms with Crippen molar-refractivity contribution in [1.82, 2.24) is 15.2 Å². The van der Waals surface area contributed by atoms with Crippen LogP contribution in [-0.2, 0) is 0 Å². The van der Waals surface area contributed by atoms with Gasteiger partial charge in [0.2, 0.25) is 0 Å². The number of rotatable bonds is 0. The second-order valence-electron chi connectivity index (χ2n) is 3.47. The van der Waals surface area contributed by atoms with Crippen LogP contribution in [0.25, 0.3) is 0 Å². The van der Waals surface area contributed by atoms with Gasteiger partial charge in [-0.05, 0) is 7.05 Å². The number of hydrogen-bond acceptors (Lipinski definition) is 5. The molecule has 0 amide bonds. The first-order valence-electron chi connectivity index (χ1n) is 4.45. The zero-order valence-corrected chi connectivity index (χ0v) is 7.82. The van der Waals surface area contributed by atoms with E-state index in [0.29, 0.717) is 0 Å². The second kappa shape index (κ2) is 3.35. The van der Waals surface area contributed by atoms with Gasteiger partial charge in [0.1, 0.15) is 0 Å². The van der Waals surface area contributed by atoms with E-state index in [-0.39, 0.29) is 0 Å². The normalized spacial score (nSPS) is 29.5. The minimum Gasteiger partial charge on any atom is -0.347 e. The fraction of sp³-hybridized carbons (Fsp3) is 0.625. The molecule has 1 saturated heterocycles. The Labute approximate surface area is 77.9 Å². The van der Waals surface area contributed by atoms with Crippen LogP contribution in [0.3, 0.4) is 0 Å². The molecule has 2 aliphatic rings. The summed E-state index contributed by atoms with van der Waals surface area (Å²) in [5, 5.41) is 4.93. The molecule has 0 atom stereocenters. The van der Waals surface area contributed by atoms with Gasteiger partial charge in [-0.3, -0.25) is 9.89 Å². The molecule has 1 fully saturated rings. The summed E-state index contributed by atoms with van der Waals surface area (Å²) in [4.78, 5) is 6.36. The monoisotopic (exact) mass is 181 g/mol. The Bertz CT molecular complexity index is 247. The van der Waals surface area contributed by atoms with Crippen LogP contribution in [0, 0.1) is 0 Å². The zero-order chi connectivity index (χ0) is 9.26. The molecule has 0 radical (unpaired) electrons. The van der Waals surface area contributed by atoms with Gasteiger partial charge < -0.3 is 10.3 Å². The van der Waals surface area contributed by atoms with Crippen molar-refractivity contribution in [3.8, 4) is 0 Å². The largest absolute Gasteiger partial charge is 0.347 e. The molecule has 72 valence electrons. The number of likely N-dealkylation sites (N-methyl/N-ethyl adjacent to an activating group) is 1. The lowest BCUT2D eigenvalue weighted by Gasteiger charge is -2.34. The molecule has 5 heteroatoms. The van der Waals surface area contributed by atoms with Gasteiger partial charge in [0.15, 0.2) is 0 Å². The molecule has 0 aromatic rings. The van der Waals surface area contributed by atoms with Crippen molar-refractivity contribution >= 4 is 6.34 Å². The molecular weight excluding hydrogens is 166 g/mol. The summed E-state index contributed by atoms with van der Waals surface area (Å²) in [6, 6.07) is 0. The first kappa shape index (κ1) is 8.52. The summed E-state index contributed by atoms with van der Waals surface area (Å²) in [6.45, 7) is 3.55. The van der Waals surface area contributed by atoms with Crippen LogP contribution in [0.5, 0.6) is 0 Å². The van der Waals surface area contributed by atoms with Crippen molar-refractivity contribution in [2.75, 3.05) is 33.2 Å². The van der Waals surface area contributed by atoms with Gasteiger partial charge in [0, 0.05) is 19.6 Å². The van der Waals surface area contributed by atoms with Gasteiger partial charge in [-0.1, -0.05) is 0 Å². The summed E-state index contributed by atoms with van der Waals surface area (Å²) in [5.41, 5.74) is 2.29. The van der Waals surface area contributed by atoms with Gasteiger partial charge in [-0.25, -0.2) is 5.84 Å². The van der Waals surface area contributed by atoms with Crippen LogP contribution < -0.4 is 11.2 Å². The minimum atomic E-state index is 0.733. The summed E-state index contributed by atoms with van der Waals surface area (Å²) in [6.07, 6.45) is 1.73. The third kappa shape index (κ3) is 1.66. The number of hydrazine groups is 1. The maximum atomic E-state index is 5.87. The molecule has 0 saturated carbocycles. The summed E-state index contributed by atoms with van der Waals surface area (Å²) in [7, 11) is 2.10. The van der Waals surface area contributed by atoms with E-state index in [1.165, 1.54) is 0 Å². The standard InChI is InChI=1S/C8H15N5/c1-12-2-3-13(9)8(5-12)7-4-10-6-11-7/h6H,2-5,9H2,1H3,(H,10,11)/b8-7-. The molecular formula is C8H15N5. The number of hydrogen-bond donors (Lipinski definition) is 2. The average molecular weight is 181 g/mol. The average Bonchev–Trinajstić information content (AvgIpc) is 2.61. The number of piperazine rings is 1. The maximum Gasteiger partial charge on any atom is 0.0871 e. The van der Waals surface area contributed by atoms with E-state index in [4.69, 9.17) is 5.84 Å².